The van der Waals surface area contributed by atoms with Gasteiger partial charge >= 0.3 is 0 Å². The van der Waals surface area contributed by atoms with E-state index in [9.17, 15) is 4.79 Å². The Balaban J connectivity index is 0.00000385. The molecule has 33 heavy (non-hydrogen) atoms. The van der Waals surface area contributed by atoms with Gasteiger partial charge in [0.15, 0.2) is 5.96 Å². The highest BCUT2D eigenvalue weighted by molar-refractivity contribution is 14.0. The molecular weight excluding hydrogens is 531 g/mol. The molecular formula is C25H35IN4O3. The molecule has 3 rings (SSSR count). The number of rotatable bonds is 6. The van der Waals surface area contributed by atoms with E-state index in [-0.39, 0.29) is 42.1 Å². The standard InChI is InChI=1S/C25H34N4O3.HI/c1-18-15-29(16-19(2)32-18)24(30)22-10-6-20(7-11-22)14-27-25(26-3)28(4)17-21-8-12-23(31-5)13-9-21;/h6-13,18-19H,14-17H2,1-5H3,(H,26,27);1H. The van der Waals surface area contributed by atoms with Gasteiger partial charge in [0.25, 0.3) is 5.91 Å². The van der Waals surface area contributed by atoms with Crippen LogP contribution in [0.2, 0.25) is 0 Å². The van der Waals surface area contributed by atoms with Crippen molar-refractivity contribution in [1.29, 1.82) is 0 Å². The molecule has 2 unspecified atom stereocenters. The predicted molar refractivity (Wildman–Crippen MR) is 142 cm³/mol. The SMILES string of the molecule is CN=C(NCc1ccc(C(=O)N2CC(C)OC(C)C2)cc1)N(C)Cc1ccc(OC)cc1.I. The van der Waals surface area contributed by atoms with Crippen molar-refractivity contribution < 1.29 is 14.3 Å². The van der Waals surface area contributed by atoms with E-state index in [0.717, 1.165) is 23.8 Å². The van der Waals surface area contributed by atoms with Crippen LogP contribution in [0.1, 0.15) is 35.3 Å². The number of nitrogens with zero attached hydrogens (tertiary/aromatic N) is 3. The van der Waals surface area contributed by atoms with Crippen molar-refractivity contribution in [3.05, 3.63) is 65.2 Å². The first-order valence-corrected chi connectivity index (χ1v) is 11.0. The summed E-state index contributed by atoms with van der Waals surface area (Å²) >= 11 is 0. The quantitative estimate of drug-likeness (QED) is 0.328. The zero-order valence-electron chi connectivity index (χ0n) is 20.1. The largest absolute Gasteiger partial charge is 0.497 e. The fraction of sp³-hybridized carbons (Fsp3) is 0.440. The summed E-state index contributed by atoms with van der Waals surface area (Å²) in [6.07, 6.45) is 0.126. The average Bonchev–Trinajstić information content (AvgIpc) is 2.79. The molecule has 0 spiro atoms. The molecule has 1 aliphatic heterocycles. The summed E-state index contributed by atoms with van der Waals surface area (Å²) < 4.78 is 10.9. The number of morpholine rings is 1. The van der Waals surface area contributed by atoms with E-state index < -0.39 is 0 Å². The molecule has 0 radical (unpaired) electrons. The lowest BCUT2D eigenvalue weighted by Crippen LogP contribution is -2.48. The van der Waals surface area contributed by atoms with Gasteiger partial charge in [-0.05, 0) is 49.2 Å². The van der Waals surface area contributed by atoms with Crippen molar-refractivity contribution in [2.24, 2.45) is 4.99 Å². The zero-order chi connectivity index (χ0) is 23.1. The molecule has 0 aliphatic carbocycles. The Bertz CT molecular complexity index is 908. The molecule has 1 N–H and O–H groups in total. The van der Waals surface area contributed by atoms with Crippen molar-refractivity contribution in [2.75, 3.05) is 34.3 Å². The Morgan fingerprint density at radius 3 is 2.21 bits per heavy atom. The Hall–Kier alpha value is -2.33. The van der Waals surface area contributed by atoms with Crippen molar-refractivity contribution >= 4 is 35.8 Å². The second-order valence-electron chi connectivity index (χ2n) is 8.27. The number of nitrogens with one attached hydrogen (secondary N) is 1. The van der Waals surface area contributed by atoms with E-state index in [1.165, 1.54) is 5.56 Å². The van der Waals surface area contributed by atoms with Gasteiger partial charge in [-0.3, -0.25) is 9.79 Å². The maximum atomic E-state index is 12.8. The van der Waals surface area contributed by atoms with E-state index in [2.05, 4.69) is 15.2 Å². The van der Waals surface area contributed by atoms with Gasteiger partial charge in [-0.1, -0.05) is 24.3 Å². The van der Waals surface area contributed by atoms with Crippen LogP contribution in [-0.2, 0) is 17.8 Å². The monoisotopic (exact) mass is 566 g/mol. The number of guanidine groups is 1. The van der Waals surface area contributed by atoms with Crippen LogP contribution in [0, 0.1) is 0 Å². The summed E-state index contributed by atoms with van der Waals surface area (Å²) in [5.74, 6) is 1.71. The van der Waals surface area contributed by atoms with Crippen LogP contribution in [-0.4, -0.2) is 68.2 Å². The van der Waals surface area contributed by atoms with E-state index in [0.29, 0.717) is 25.2 Å². The van der Waals surface area contributed by atoms with Crippen LogP contribution in [0.4, 0.5) is 0 Å². The lowest BCUT2D eigenvalue weighted by Gasteiger charge is -2.35. The molecule has 2 aromatic carbocycles. The number of hydrogen-bond acceptors (Lipinski definition) is 4. The van der Waals surface area contributed by atoms with Crippen molar-refractivity contribution in [3.63, 3.8) is 0 Å². The van der Waals surface area contributed by atoms with Gasteiger partial charge in [0.05, 0.1) is 19.3 Å². The molecule has 1 fully saturated rings. The highest BCUT2D eigenvalue weighted by Gasteiger charge is 2.26. The number of carbonyl (C=O) groups excluding carboxylic acids is 1. The Morgan fingerprint density at radius 2 is 1.67 bits per heavy atom. The highest BCUT2D eigenvalue weighted by atomic mass is 127. The van der Waals surface area contributed by atoms with E-state index in [1.807, 2.05) is 74.3 Å². The summed E-state index contributed by atoms with van der Waals surface area (Å²) in [7, 11) is 5.45. The first kappa shape index (κ1) is 26.9. The van der Waals surface area contributed by atoms with E-state index in [4.69, 9.17) is 9.47 Å². The van der Waals surface area contributed by atoms with Crippen molar-refractivity contribution in [2.45, 2.75) is 39.1 Å². The van der Waals surface area contributed by atoms with Gasteiger partial charge in [0.2, 0.25) is 0 Å². The minimum absolute atomic E-state index is 0. The minimum atomic E-state index is 0. The first-order valence-electron chi connectivity index (χ1n) is 11.0. The predicted octanol–water partition coefficient (Wildman–Crippen LogP) is 3.77. The lowest BCUT2D eigenvalue weighted by atomic mass is 10.1. The molecule has 180 valence electrons. The number of aliphatic imine (C=N–C) groups is 1. The third kappa shape index (κ3) is 7.60. The normalized spacial score (nSPS) is 18.3. The molecule has 1 amide bonds. The maximum Gasteiger partial charge on any atom is 0.254 e. The molecule has 0 saturated carbocycles. The Kier molecular flexibility index (Phi) is 10.4. The van der Waals surface area contributed by atoms with Gasteiger partial charge in [0.1, 0.15) is 5.75 Å². The number of benzene rings is 2. The summed E-state index contributed by atoms with van der Waals surface area (Å²) in [6, 6.07) is 15.8. The number of halogens is 1. The molecule has 8 heteroatoms. The zero-order valence-corrected chi connectivity index (χ0v) is 22.4. The second kappa shape index (κ2) is 12.8. The van der Waals surface area contributed by atoms with Crippen LogP contribution in [0.5, 0.6) is 5.75 Å². The van der Waals surface area contributed by atoms with E-state index in [1.54, 1.807) is 14.2 Å². The Morgan fingerprint density at radius 1 is 1.09 bits per heavy atom. The van der Waals surface area contributed by atoms with Gasteiger partial charge in [-0.15, -0.1) is 24.0 Å². The number of carbonyl (C=O) groups is 1. The van der Waals surface area contributed by atoms with Crippen LogP contribution in [0.3, 0.4) is 0 Å². The summed E-state index contributed by atoms with van der Waals surface area (Å²) in [6.45, 7) is 6.62. The fourth-order valence-corrected chi connectivity index (χ4v) is 3.94. The Labute approximate surface area is 214 Å². The third-order valence-electron chi connectivity index (χ3n) is 5.51. The van der Waals surface area contributed by atoms with Gasteiger partial charge in [-0.2, -0.15) is 0 Å². The molecule has 0 bridgehead atoms. The molecule has 1 aliphatic rings. The summed E-state index contributed by atoms with van der Waals surface area (Å²) in [5, 5.41) is 3.39. The highest BCUT2D eigenvalue weighted by Crippen LogP contribution is 2.15. The fourth-order valence-electron chi connectivity index (χ4n) is 3.94. The third-order valence-corrected chi connectivity index (χ3v) is 5.51. The van der Waals surface area contributed by atoms with Crippen molar-refractivity contribution in [3.8, 4) is 5.75 Å². The molecule has 2 atom stereocenters. The number of amides is 1. The van der Waals surface area contributed by atoms with Gasteiger partial charge in [-0.25, -0.2) is 0 Å². The second-order valence-corrected chi connectivity index (χ2v) is 8.27. The number of hydrogen-bond donors (Lipinski definition) is 1. The minimum Gasteiger partial charge on any atom is -0.497 e. The first-order chi connectivity index (χ1) is 15.4. The van der Waals surface area contributed by atoms with Crippen LogP contribution >= 0.6 is 24.0 Å². The lowest BCUT2D eigenvalue weighted by molar-refractivity contribution is -0.0586. The topological polar surface area (TPSA) is 66.4 Å². The molecule has 1 saturated heterocycles. The van der Waals surface area contributed by atoms with Crippen LogP contribution < -0.4 is 10.1 Å². The summed E-state index contributed by atoms with van der Waals surface area (Å²) in [5.41, 5.74) is 2.96. The van der Waals surface area contributed by atoms with E-state index >= 15 is 0 Å². The maximum absolute atomic E-state index is 12.8. The van der Waals surface area contributed by atoms with Crippen LogP contribution in [0.25, 0.3) is 0 Å². The average molecular weight is 566 g/mol. The number of methoxy groups -OCH3 is 1. The summed E-state index contributed by atoms with van der Waals surface area (Å²) in [4.78, 5) is 21.2. The molecule has 0 aromatic heterocycles. The smallest absolute Gasteiger partial charge is 0.254 e. The molecule has 7 nitrogen and oxygen atoms in total. The molecule has 2 aromatic rings. The van der Waals surface area contributed by atoms with Crippen molar-refractivity contribution in [1.82, 2.24) is 15.1 Å². The van der Waals surface area contributed by atoms with Gasteiger partial charge in [0, 0.05) is 45.8 Å². The number of ether oxygens (including phenoxy) is 2. The van der Waals surface area contributed by atoms with Crippen LogP contribution in [0.15, 0.2) is 53.5 Å². The van der Waals surface area contributed by atoms with Gasteiger partial charge < -0.3 is 24.6 Å². The molecule has 1 heterocycles.